The minimum absolute atomic E-state index is 0.0573. The van der Waals surface area contributed by atoms with Gasteiger partial charge in [0.05, 0.1) is 0 Å². The highest BCUT2D eigenvalue weighted by molar-refractivity contribution is 5.21. The lowest BCUT2D eigenvalue weighted by molar-refractivity contribution is 0.242. The van der Waals surface area contributed by atoms with Gasteiger partial charge in [0, 0.05) is 19.3 Å². The zero-order valence-electron chi connectivity index (χ0n) is 9.64. The van der Waals surface area contributed by atoms with Crippen LogP contribution in [0.2, 0.25) is 0 Å². The molecule has 0 saturated carbocycles. The first-order valence-corrected chi connectivity index (χ1v) is 5.47. The zero-order valence-corrected chi connectivity index (χ0v) is 9.64. The molecule has 0 amide bonds. The summed E-state index contributed by atoms with van der Waals surface area (Å²) in [6.45, 7) is 2.41. The van der Waals surface area contributed by atoms with Crippen molar-refractivity contribution in [3.8, 4) is 6.07 Å². The molecular weight excluding hydrogens is 222 g/mol. The van der Waals surface area contributed by atoms with Crippen LogP contribution in [0.3, 0.4) is 0 Å². The number of aliphatic hydroxyl groups excluding tert-OH is 1. The standard InChI is InChI=1S/C11H15N3O3/c1-2-8(3-4-15)6-14-7-9(5-12)10(16)13-11(14)17/h7-8,15H,2-4,6H2,1H3,(H,13,16,17). The molecule has 1 heterocycles. The van der Waals surface area contributed by atoms with E-state index in [-0.39, 0.29) is 18.1 Å². The van der Waals surface area contributed by atoms with Crippen LogP contribution in [0.1, 0.15) is 25.3 Å². The molecular formula is C11H15N3O3. The summed E-state index contributed by atoms with van der Waals surface area (Å²) in [6.07, 6.45) is 2.67. The number of hydrogen-bond donors (Lipinski definition) is 2. The Bertz CT molecular complexity index is 524. The lowest BCUT2D eigenvalue weighted by Crippen LogP contribution is -2.32. The molecule has 1 aromatic rings. The fourth-order valence-corrected chi connectivity index (χ4v) is 1.61. The van der Waals surface area contributed by atoms with Crippen LogP contribution in [0.4, 0.5) is 0 Å². The van der Waals surface area contributed by atoms with Crippen molar-refractivity contribution in [1.29, 1.82) is 5.26 Å². The van der Waals surface area contributed by atoms with Crippen LogP contribution in [-0.4, -0.2) is 21.3 Å². The van der Waals surface area contributed by atoms with Gasteiger partial charge in [0.1, 0.15) is 11.6 Å². The van der Waals surface area contributed by atoms with Gasteiger partial charge in [-0.05, 0) is 12.3 Å². The molecule has 1 aromatic heterocycles. The Balaban J connectivity index is 3.03. The van der Waals surface area contributed by atoms with Gasteiger partial charge in [-0.15, -0.1) is 0 Å². The average Bonchev–Trinajstić information content (AvgIpc) is 2.31. The van der Waals surface area contributed by atoms with Crippen molar-refractivity contribution < 1.29 is 5.11 Å². The Morgan fingerprint density at radius 2 is 2.29 bits per heavy atom. The van der Waals surface area contributed by atoms with E-state index in [0.717, 1.165) is 6.42 Å². The molecule has 0 aliphatic rings. The molecule has 0 aromatic carbocycles. The molecule has 1 atom stereocenters. The van der Waals surface area contributed by atoms with Crippen LogP contribution in [0.5, 0.6) is 0 Å². The minimum Gasteiger partial charge on any atom is -0.396 e. The molecule has 1 unspecified atom stereocenters. The summed E-state index contributed by atoms with van der Waals surface area (Å²) in [5.41, 5.74) is -1.27. The number of aromatic nitrogens is 2. The normalized spacial score (nSPS) is 12.1. The first-order valence-electron chi connectivity index (χ1n) is 5.47. The highest BCUT2D eigenvalue weighted by atomic mass is 16.3. The Hall–Kier alpha value is -1.87. The van der Waals surface area contributed by atoms with Crippen molar-refractivity contribution in [2.24, 2.45) is 5.92 Å². The predicted octanol–water partition coefficient (Wildman–Crippen LogP) is -0.183. The second-order valence-electron chi connectivity index (χ2n) is 3.85. The van der Waals surface area contributed by atoms with E-state index >= 15 is 0 Å². The number of rotatable bonds is 5. The topological polar surface area (TPSA) is 98.9 Å². The molecule has 0 bridgehead atoms. The highest BCUT2D eigenvalue weighted by Crippen LogP contribution is 2.09. The number of nitrogens with one attached hydrogen (secondary N) is 1. The monoisotopic (exact) mass is 237 g/mol. The third-order valence-electron chi connectivity index (χ3n) is 2.70. The summed E-state index contributed by atoms with van der Waals surface area (Å²) >= 11 is 0. The average molecular weight is 237 g/mol. The summed E-state index contributed by atoms with van der Waals surface area (Å²) in [5, 5.41) is 17.6. The fraction of sp³-hybridized carbons (Fsp3) is 0.545. The first kappa shape index (κ1) is 13.2. The molecule has 0 radical (unpaired) electrons. The Kier molecular flexibility index (Phi) is 4.67. The molecule has 0 aliphatic heterocycles. The Labute approximate surface area is 98.1 Å². The van der Waals surface area contributed by atoms with Gasteiger partial charge >= 0.3 is 5.69 Å². The van der Waals surface area contributed by atoms with Crippen LogP contribution in [0, 0.1) is 17.2 Å². The summed E-state index contributed by atoms with van der Waals surface area (Å²) in [5.74, 6) is 0.148. The third-order valence-corrected chi connectivity index (χ3v) is 2.70. The second-order valence-corrected chi connectivity index (χ2v) is 3.85. The maximum atomic E-state index is 11.5. The molecule has 6 nitrogen and oxygen atoms in total. The van der Waals surface area contributed by atoms with E-state index in [2.05, 4.69) is 4.98 Å². The lowest BCUT2D eigenvalue weighted by atomic mass is 10.0. The van der Waals surface area contributed by atoms with Crippen molar-refractivity contribution in [3.63, 3.8) is 0 Å². The van der Waals surface area contributed by atoms with E-state index in [4.69, 9.17) is 10.4 Å². The summed E-state index contributed by atoms with van der Waals surface area (Å²) in [6, 6.07) is 1.73. The van der Waals surface area contributed by atoms with E-state index in [9.17, 15) is 9.59 Å². The van der Waals surface area contributed by atoms with Crippen molar-refractivity contribution in [1.82, 2.24) is 9.55 Å². The largest absolute Gasteiger partial charge is 0.396 e. The summed E-state index contributed by atoms with van der Waals surface area (Å²) < 4.78 is 1.31. The van der Waals surface area contributed by atoms with E-state index in [1.54, 1.807) is 6.07 Å². The molecule has 1 rings (SSSR count). The molecule has 17 heavy (non-hydrogen) atoms. The maximum absolute atomic E-state index is 11.5. The Morgan fingerprint density at radius 3 is 2.82 bits per heavy atom. The van der Waals surface area contributed by atoms with Gasteiger partial charge in [0.2, 0.25) is 0 Å². The molecule has 92 valence electrons. The smallest absolute Gasteiger partial charge is 0.328 e. The number of hydrogen-bond acceptors (Lipinski definition) is 4. The maximum Gasteiger partial charge on any atom is 0.328 e. The van der Waals surface area contributed by atoms with E-state index in [1.807, 2.05) is 6.92 Å². The van der Waals surface area contributed by atoms with Crippen LogP contribution >= 0.6 is 0 Å². The molecule has 0 fully saturated rings. The third kappa shape index (κ3) is 3.29. The molecule has 0 aliphatic carbocycles. The molecule has 0 saturated heterocycles. The molecule has 0 spiro atoms. The minimum atomic E-state index is -0.663. The summed E-state index contributed by atoms with van der Waals surface area (Å²) in [7, 11) is 0. The Morgan fingerprint density at radius 1 is 1.59 bits per heavy atom. The second kappa shape index (κ2) is 6.01. The van der Waals surface area contributed by atoms with Gasteiger partial charge < -0.3 is 5.11 Å². The van der Waals surface area contributed by atoms with Crippen LogP contribution in [-0.2, 0) is 6.54 Å². The highest BCUT2D eigenvalue weighted by Gasteiger charge is 2.10. The van der Waals surface area contributed by atoms with Gasteiger partial charge in [-0.3, -0.25) is 14.3 Å². The van der Waals surface area contributed by atoms with Gasteiger partial charge in [-0.2, -0.15) is 5.26 Å². The fourth-order valence-electron chi connectivity index (χ4n) is 1.61. The number of aliphatic hydroxyl groups is 1. The number of H-pyrrole nitrogens is 1. The van der Waals surface area contributed by atoms with Crippen LogP contribution in [0.15, 0.2) is 15.8 Å². The van der Waals surface area contributed by atoms with Crippen LogP contribution in [0.25, 0.3) is 0 Å². The van der Waals surface area contributed by atoms with Crippen molar-refractivity contribution >= 4 is 0 Å². The lowest BCUT2D eigenvalue weighted by Gasteiger charge is -2.14. The predicted molar refractivity (Wildman–Crippen MR) is 61.5 cm³/mol. The van der Waals surface area contributed by atoms with E-state index in [1.165, 1.54) is 10.8 Å². The zero-order chi connectivity index (χ0) is 12.8. The van der Waals surface area contributed by atoms with Gasteiger partial charge in [-0.25, -0.2) is 4.79 Å². The summed E-state index contributed by atoms with van der Waals surface area (Å²) in [4.78, 5) is 24.8. The van der Waals surface area contributed by atoms with Crippen LogP contribution < -0.4 is 11.2 Å². The SMILES string of the molecule is CCC(CCO)Cn1cc(C#N)c(=O)[nH]c1=O. The molecule has 6 heteroatoms. The number of nitrogens with zero attached hydrogens (tertiary/aromatic N) is 2. The molecule has 2 N–H and O–H groups in total. The quantitative estimate of drug-likeness (QED) is 0.741. The van der Waals surface area contributed by atoms with Gasteiger partial charge in [0.15, 0.2) is 0 Å². The van der Waals surface area contributed by atoms with E-state index < -0.39 is 11.2 Å². The van der Waals surface area contributed by atoms with Crippen molar-refractivity contribution in [2.45, 2.75) is 26.3 Å². The van der Waals surface area contributed by atoms with Crippen molar-refractivity contribution in [3.05, 3.63) is 32.6 Å². The number of aromatic amines is 1. The van der Waals surface area contributed by atoms with E-state index in [0.29, 0.717) is 13.0 Å². The van der Waals surface area contributed by atoms with Crippen molar-refractivity contribution in [2.75, 3.05) is 6.61 Å². The van der Waals surface area contributed by atoms with Gasteiger partial charge in [0.25, 0.3) is 5.56 Å². The first-order chi connectivity index (χ1) is 8.12. The number of nitriles is 1. The van der Waals surface area contributed by atoms with Gasteiger partial charge in [-0.1, -0.05) is 13.3 Å².